The van der Waals surface area contributed by atoms with E-state index in [0.717, 1.165) is 5.69 Å². The Kier molecular flexibility index (Phi) is 3.74. The molecular weight excluding hydrogens is 346 g/mol. The molecule has 1 aliphatic heterocycles. The lowest BCUT2D eigenvalue weighted by molar-refractivity contribution is -0.143. The molecule has 3 heterocycles. The number of benzene rings is 1. The smallest absolute Gasteiger partial charge is 0.268 e. The number of aromatic nitrogens is 3. The molecule has 138 valence electrons. The van der Waals surface area contributed by atoms with Crippen LogP contribution in [0, 0.1) is 6.92 Å². The monoisotopic (exact) mass is 365 g/mol. The van der Waals surface area contributed by atoms with Gasteiger partial charge >= 0.3 is 0 Å². The number of likely N-dealkylation sites (tertiary alicyclic amines) is 1. The Balaban J connectivity index is 1.90. The number of hydrogen-bond acceptors (Lipinski definition) is 5. The van der Waals surface area contributed by atoms with Gasteiger partial charge in [-0.25, -0.2) is 9.97 Å². The molecule has 3 aromatic rings. The number of carbonyl (C=O) groups excluding carboxylic acids is 2. The zero-order valence-electron chi connectivity index (χ0n) is 15.0. The van der Waals surface area contributed by atoms with Crippen molar-refractivity contribution in [1.29, 1.82) is 0 Å². The van der Waals surface area contributed by atoms with Gasteiger partial charge in [0.1, 0.15) is 11.4 Å². The predicted molar refractivity (Wildman–Crippen MR) is 97.8 cm³/mol. The summed E-state index contributed by atoms with van der Waals surface area (Å²) in [6.45, 7) is 2.32. The molecule has 1 atom stereocenters. The molecule has 0 spiro atoms. The molecule has 1 saturated heterocycles. The number of nitrogens with zero attached hydrogens (tertiary/aromatic N) is 4. The van der Waals surface area contributed by atoms with E-state index in [1.54, 1.807) is 41.9 Å². The van der Waals surface area contributed by atoms with E-state index in [-0.39, 0.29) is 11.6 Å². The highest BCUT2D eigenvalue weighted by Crippen LogP contribution is 2.35. The summed E-state index contributed by atoms with van der Waals surface area (Å²) in [7, 11) is 1.67. The van der Waals surface area contributed by atoms with Gasteiger partial charge in [0.2, 0.25) is 0 Å². The maximum atomic E-state index is 12.4. The first-order chi connectivity index (χ1) is 12.8. The minimum atomic E-state index is -1.56. The highest BCUT2D eigenvalue weighted by molar-refractivity contribution is 5.92. The van der Waals surface area contributed by atoms with Crippen molar-refractivity contribution in [2.75, 3.05) is 13.6 Å². The maximum Gasteiger partial charge on any atom is 0.268 e. The van der Waals surface area contributed by atoms with Gasteiger partial charge in [0, 0.05) is 38.0 Å². The molecule has 1 aromatic carbocycles. The first kappa shape index (κ1) is 17.2. The Labute approximate surface area is 155 Å². The fourth-order valence-corrected chi connectivity index (χ4v) is 3.48. The molecule has 27 heavy (non-hydrogen) atoms. The Morgan fingerprint density at radius 3 is 2.74 bits per heavy atom. The van der Waals surface area contributed by atoms with Crippen LogP contribution >= 0.6 is 0 Å². The van der Waals surface area contributed by atoms with Crippen LogP contribution in [0.3, 0.4) is 0 Å². The second kappa shape index (κ2) is 5.88. The van der Waals surface area contributed by atoms with Crippen LogP contribution in [-0.2, 0) is 10.4 Å². The Bertz CT molecular complexity index is 1090. The van der Waals surface area contributed by atoms with E-state index in [2.05, 4.69) is 9.97 Å². The molecule has 0 aliphatic carbocycles. The molecule has 2 aromatic heterocycles. The first-order valence-corrected chi connectivity index (χ1v) is 8.54. The molecule has 8 heteroatoms. The molecule has 0 bridgehead atoms. The lowest BCUT2D eigenvalue weighted by Crippen LogP contribution is -2.36. The number of aryl methyl sites for hydroxylation is 1. The van der Waals surface area contributed by atoms with E-state index in [4.69, 9.17) is 5.73 Å². The van der Waals surface area contributed by atoms with Crippen LogP contribution in [-0.4, -0.2) is 49.8 Å². The fourth-order valence-electron chi connectivity index (χ4n) is 3.48. The van der Waals surface area contributed by atoms with Crippen LogP contribution in [0.15, 0.2) is 36.7 Å². The first-order valence-electron chi connectivity index (χ1n) is 8.54. The quantitative estimate of drug-likeness (QED) is 0.714. The van der Waals surface area contributed by atoms with E-state index in [1.807, 2.05) is 6.92 Å². The van der Waals surface area contributed by atoms with Crippen LogP contribution < -0.4 is 5.73 Å². The van der Waals surface area contributed by atoms with Gasteiger partial charge < -0.3 is 20.1 Å². The van der Waals surface area contributed by atoms with E-state index >= 15 is 0 Å². The van der Waals surface area contributed by atoms with Gasteiger partial charge in [0.25, 0.3) is 11.8 Å². The van der Waals surface area contributed by atoms with Gasteiger partial charge in [0.05, 0.1) is 5.69 Å². The Morgan fingerprint density at radius 2 is 2.07 bits per heavy atom. The standard InChI is InChI=1S/C19H19N5O3/c1-11-9-24-10-14(16(20)25)22-15(17(24)21-11)12-4-3-5-13(8-12)19(27)6-7-23(2)18(19)26/h3-5,8-10,27H,6-7H2,1-2H3,(H2,20,25)/t19-/m1/s1. The molecule has 3 N–H and O–H groups in total. The maximum absolute atomic E-state index is 12.4. The Morgan fingerprint density at radius 1 is 1.30 bits per heavy atom. The van der Waals surface area contributed by atoms with Crippen molar-refractivity contribution in [2.45, 2.75) is 18.9 Å². The molecule has 2 amide bonds. The third kappa shape index (κ3) is 2.65. The van der Waals surface area contributed by atoms with Crippen molar-refractivity contribution in [3.63, 3.8) is 0 Å². The molecule has 1 fully saturated rings. The van der Waals surface area contributed by atoms with Crippen molar-refractivity contribution in [3.8, 4) is 11.3 Å². The lowest BCUT2D eigenvalue weighted by atomic mass is 9.90. The van der Waals surface area contributed by atoms with Gasteiger partial charge in [-0.1, -0.05) is 18.2 Å². The van der Waals surface area contributed by atoms with Crippen molar-refractivity contribution in [2.24, 2.45) is 5.73 Å². The number of imidazole rings is 1. The minimum absolute atomic E-state index is 0.107. The summed E-state index contributed by atoms with van der Waals surface area (Å²) in [6, 6.07) is 6.98. The summed E-state index contributed by atoms with van der Waals surface area (Å²) in [5.41, 5.74) is 6.88. The third-order valence-electron chi connectivity index (χ3n) is 4.93. The van der Waals surface area contributed by atoms with Crippen molar-refractivity contribution in [1.82, 2.24) is 19.3 Å². The summed E-state index contributed by atoms with van der Waals surface area (Å²) in [5.74, 6) is -0.979. The van der Waals surface area contributed by atoms with Gasteiger partial charge in [-0.2, -0.15) is 0 Å². The van der Waals surface area contributed by atoms with E-state index in [0.29, 0.717) is 35.4 Å². The van der Waals surface area contributed by atoms with Gasteiger partial charge in [0.15, 0.2) is 11.2 Å². The second-order valence-corrected chi connectivity index (χ2v) is 6.87. The summed E-state index contributed by atoms with van der Waals surface area (Å²) in [5, 5.41) is 10.9. The highest BCUT2D eigenvalue weighted by Gasteiger charge is 2.45. The number of hydrogen-bond donors (Lipinski definition) is 2. The summed E-state index contributed by atoms with van der Waals surface area (Å²) in [4.78, 5) is 34.4. The molecule has 0 radical (unpaired) electrons. The molecular formula is C19H19N5O3. The van der Waals surface area contributed by atoms with Crippen LogP contribution in [0.5, 0.6) is 0 Å². The van der Waals surface area contributed by atoms with Crippen LogP contribution in [0.2, 0.25) is 0 Å². The zero-order chi connectivity index (χ0) is 19.3. The van der Waals surface area contributed by atoms with E-state index < -0.39 is 11.5 Å². The number of rotatable bonds is 3. The van der Waals surface area contributed by atoms with Gasteiger partial charge in [-0.15, -0.1) is 0 Å². The Hall–Kier alpha value is -3.26. The van der Waals surface area contributed by atoms with E-state index in [1.165, 1.54) is 11.1 Å². The topological polar surface area (TPSA) is 114 Å². The predicted octanol–water partition coefficient (Wildman–Crippen LogP) is 0.853. The van der Waals surface area contributed by atoms with E-state index in [9.17, 15) is 14.7 Å². The number of nitrogens with two attached hydrogens (primary N) is 1. The zero-order valence-corrected chi connectivity index (χ0v) is 15.0. The van der Waals surface area contributed by atoms with Crippen molar-refractivity contribution >= 4 is 17.5 Å². The van der Waals surface area contributed by atoms with Crippen LogP contribution in [0.1, 0.15) is 28.2 Å². The van der Waals surface area contributed by atoms with Crippen molar-refractivity contribution < 1.29 is 14.7 Å². The number of likely N-dealkylation sites (N-methyl/N-ethyl adjacent to an activating group) is 1. The van der Waals surface area contributed by atoms with Crippen LogP contribution in [0.4, 0.5) is 0 Å². The van der Waals surface area contributed by atoms with Crippen molar-refractivity contribution in [3.05, 3.63) is 53.6 Å². The number of primary amides is 1. The number of fused-ring (bicyclic) bond motifs is 1. The number of carbonyl (C=O) groups is 2. The molecule has 1 aliphatic rings. The molecule has 4 rings (SSSR count). The minimum Gasteiger partial charge on any atom is -0.375 e. The number of aliphatic hydroxyl groups is 1. The largest absolute Gasteiger partial charge is 0.375 e. The highest BCUT2D eigenvalue weighted by atomic mass is 16.3. The summed E-state index contributed by atoms with van der Waals surface area (Å²) in [6.07, 6.45) is 3.63. The van der Waals surface area contributed by atoms with Gasteiger partial charge in [-0.05, 0) is 18.6 Å². The molecule has 0 saturated carbocycles. The average molecular weight is 365 g/mol. The van der Waals surface area contributed by atoms with Gasteiger partial charge in [-0.3, -0.25) is 9.59 Å². The number of amides is 2. The molecule has 8 nitrogen and oxygen atoms in total. The fraction of sp³-hybridized carbons (Fsp3) is 0.263. The third-order valence-corrected chi connectivity index (χ3v) is 4.93. The SMILES string of the molecule is Cc1cn2cc(C(N)=O)nc(-c3cccc([C@]4(O)CCN(C)C4=O)c3)c2n1. The lowest BCUT2D eigenvalue weighted by Gasteiger charge is -2.21. The summed E-state index contributed by atoms with van der Waals surface area (Å²) < 4.78 is 1.70. The second-order valence-electron chi connectivity index (χ2n) is 6.87. The average Bonchev–Trinajstić information content (AvgIpc) is 3.15. The van der Waals surface area contributed by atoms with Crippen LogP contribution in [0.25, 0.3) is 16.9 Å². The summed E-state index contributed by atoms with van der Waals surface area (Å²) >= 11 is 0. The normalized spacial score (nSPS) is 19.8. The molecule has 0 unspecified atom stereocenters.